The summed E-state index contributed by atoms with van der Waals surface area (Å²) in [4.78, 5) is 7.15. The molecule has 136 valence electrons. The Hall–Kier alpha value is 0.01000. The third kappa shape index (κ3) is 5.25. The quantitative estimate of drug-likeness (QED) is 0.385. The summed E-state index contributed by atoms with van der Waals surface area (Å²) < 4.78 is 0. The van der Waals surface area contributed by atoms with E-state index in [0.29, 0.717) is 5.54 Å². The Bertz CT molecular complexity index is 495. The number of thioether (sulfide) groups is 1. The summed E-state index contributed by atoms with van der Waals surface area (Å²) in [6, 6.07) is 2.16. The lowest BCUT2D eigenvalue weighted by Crippen LogP contribution is -2.57. The minimum absolute atomic E-state index is 0. The molecular weight excluding hydrogens is 451 g/mol. The predicted molar refractivity (Wildman–Crippen MR) is 118 cm³/mol. The first-order valence-corrected chi connectivity index (χ1v) is 10.7. The number of hydrogen-bond donors (Lipinski definition) is 2. The second-order valence-corrected chi connectivity index (χ2v) is 8.45. The molecule has 3 rings (SSSR count). The molecule has 2 heterocycles. The van der Waals surface area contributed by atoms with Crippen molar-refractivity contribution >= 4 is 53.0 Å². The molecule has 1 aromatic rings. The van der Waals surface area contributed by atoms with Crippen LogP contribution in [0.15, 0.2) is 21.8 Å². The number of halogens is 1. The lowest BCUT2D eigenvalue weighted by Gasteiger charge is -2.43. The van der Waals surface area contributed by atoms with Gasteiger partial charge in [0.2, 0.25) is 0 Å². The van der Waals surface area contributed by atoms with Crippen LogP contribution in [0.4, 0.5) is 0 Å². The Balaban J connectivity index is 0.00000208. The molecule has 1 saturated carbocycles. The van der Waals surface area contributed by atoms with E-state index in [0.717, 1.165) is 19.0 Å². The number of nitrogens with one attached hydrogen (secondary N) is 2. The van der Waals surface area contributed by atoms with Crippen LogP contribution in [-0.2, 0) is 6.54 Å². The van der Waals surface area contributed by atoms with Crippen molar-refractivity contribution in [3.8, 4) is 0 Å². The number of guanidine groups is 1. The van der Waals surface area contributed by atoms with Crippen LogP contribution in [0.5, 0.6) is 0 Å². The smallest absolute Gasteiger partial charge is 0.191 e. The van der Waals surface area contributed by atoms with E-state index < -0.39 is 0 Å². The Labute approximate surface area is 171 Å². The van der Waals surface area contributed by atoms with Crippen LogP contribution >= 0.6 is 47.1 Å². The van der Waals surface area contributed by atoms with Crippen molar-refractivity contribution in [2.75, 3.05) is 38.2 Å². The molecule has 2 N–H and O–H groups in total. The van der Waals surface area contributed by atoms with E-state index in [1.165, 1.54) is 55.8 Å². The molecule has 1 aliphatic carbocycles. The minimum Gasteiger partial charge on any atom is -0.355 e. The highest BCUT2D eigenvalue weighted by molar-refractivity contribution is 14.0. The first kappa shape index (κ1) is 20.3. The van der Waals surface area contributed by atoms with Crippen molar-refractivity contribution in [1.82, 2.24) is 15.5 Å². The van der Waals surface area contributed by atoms with Gasteiger partial charge in [-0.1, -0.05) is 12.8 Å². The van der Waals surface area contributed by atoms with Gasteiger partial charge in [0.15, 0.2) is 5.96 Å². The Morgan fingerprint density at radius 1 is 1.25 bits per heavy atom. The van der Waals surface area contributed by atoms with Crippen molar-refractivity contribution in [3.63, 3.8) is 0 Å². The Kier molecular flexibility index (Phi) is 8.66. The van der Waals surface area contributed by atoms with Crippen LogP contribution < -0.4 is 10.6 Å². The third-order valence-electron chi connectivity index (χ3n) is 5.06. The maximum Gasteiger partial charge on any atom is 0.191 e. The first-order valence-electron chi connectivity index (χ1n) is 8.61. The second kappa shape index (κ2) is 10.2. The van der Waals surface area contributed by atoms with E-state index in [2.05, 4.69) is 49.1 Å². The number of nitrogens with zero attached hydrogens (tertiary/aromatic N) is 2. The third-order valence-corrected chi connectivity index (χ3v) is 6.74. The fourth-order valence-corrected chi connectivity index (χ4v) is 5.30. The van der Waals surface area contributed by atoms with Crippen molar-refractivity contribution in [1.29, 1.82) is 0 Å². The second-order valence-electron chi connectivity index (χ2n) is 6.44. The zero-order valence-corrected chi connectivity index (χ0v) is 18.4. The van der Waals surface area contributed by atoms with E-state index in [-0.39, 0.29) is 24.0 Å². The maximum absolute atomic E-state index is 4.40. The van der Waals surface area contributed by atoms with Gasteiger partial charge in [-0.2, -0.15) is 23.1 Å². The first-order chi connectivity index (χ1) is 11.3. The summed E-state index contributed by atoms with van der Waals surface area (Å²) in [5.41, 5.74) is 1.67. The molecule has 7 heteroatoms. The zero-order chi connectivity index (χ0) is 16.0. The van der Waals surface area contributed by atoms with Gasteiger partial charge in [0.1, 0.15) is 0 Å². The number of rotatable bonds is 5. The lowest BCUT2D eigenvalue weighted by atomic mass is 9.94. The monoisotopic (exact) mass is 480 g/mol. The molecule has 2 fully saturated rings. The molecule has 0 amide bonds. The fourth-order valence-electron chi connectivity index (χ4n) is 3.72. The van der Waals surface area contributed by atoms with Crippen molar-refractivity contribution in [2.24, 2.45) is 4.99 Å². The average molecular weight is 480 g/mol. The summed E-state index contributed by atoms with van der Waals surface area (Å²) in [6.07, 6.45) is 5.39. The van der Waals surface area contributed by atoms with Crippen LogP contribution in [0.3, 0.4) is 0 Å². The molecule has 1 aromatic heterocycles. The highest BCUT2D eigenvalue weighted by Gasteiger charge is 2.39. The number of thiophene rings is 1. The summed E-state index contributed by atoms with van der Waals surface area (Å²) in [6.45, 7) is 4.35. The largest absolute Gasteiger partial charge is 0.355 e. The molecule has 4 nitrogen and oxygen atoms in total. The molecule has 0 radical (unpaired) electrons. The maximum atomic E-state index is 4.40. The molecule has 2 aliphatic rings. The molecule has 24 heavy (non-hydrogen) atoms. The fraction of sp³-hybridized carbons (Fsp3) is 0.706. The molecular formula is C17H29IN4S2. The van der Waals surface area contributed by atoms with Gasteiger partial charge in [-0.15, -0.1) is 24.0 Å². The normalized spacial score (nSPS) is 21.3. The van der Waals surface area contributed by atoms with E-state index >= 15 is 0 Å². The molecule has 1 aliphatic heterocycles. The lowest BCUT2D eigenvalue weighted by molar-refractivity contribution is 0.107. The van der Waals surface area contributed by atoms with Crippen LogP contribution in [0.1, 0.15) is 31.2 Å². The Morgan fingerprint density at radius 3 is 2.62 bits per heavy atom. The molecule has 0 aromatic carbocycles. The number of hydrogen-bond acceptors (Lipinski definition) is 4. The zero-order valence-electron chi connectivity index (χ0n) is 14.4. The van der Waals surface area contributed by atoms with Gasteiger partial charge in [0.25, 0.3) is 0 Å². The average Bonchev–Trinajstić information content (AvgIpc) is 3.28. The van der Waals surface area contributed by atoms with Gasteiger partial charge in [-0.25, -0.2) is 0 Å². The van der Waals surface area contributed by atoms with E-state index in [9.17, 15) is 0 Å². The van der Waals surface area contributed by atoms with Gasteiger partial charge >= 0.3 is 0 Å². The highest BCUT2D eigenvalue weighted by atomic mass is 127. The highest BCUT2D eigenvalue weighted by Crippen LogP contribution is 2.36. The standard InChI is InChI=1S/C17H28N4S2.HI/c1-18-16(19-12-15-4-9-23-13-15)20-14-17(5-2-3-6-17)21-7-10-22-11-8-21;/h4,9,13H,2-3,5-8,10-12,14H2,1H3,(H2,18,19,20);1H. The van der Waals surface area contributed by atoms with Crippen LogP contribution in [0.25, 0.3) is 0 Å². The van der Waals surface area contributed by atoms with Crippen molar-refractivity contribution in [2.45, 2.75) is 37.8 Å². The molecule has 1 saturated heterocycles. The summed E-state index contributed by atoms with van der Waals surface area (Å²) >= 11 is 3.84. The van der Waals surface area contributed by atoms with Crippen LogP contribution in [0, 0.1) is 0 Å². The molecule has 0 bridgehead atoms. The van der Waals surface area contributed by atoms with Gasteiger partial charge in [0.05, 0.1) is 0 Å². The topological polar surface area (TPSA) is 39.7 Å². The summed E-state index contributed by atoms with van der Waals surface area (Å²) in [5, 5.41) is 11.3. The summed E-state index contributed by atoms with van der Waals surface area (Å²) in [7, 11) is 1.86. The summed E-state index contributed by atoms with van der Waals surface area (Å²) in [5.74, 6) is 3.49. The SMILES string of the molecule is CN=C(NCc1ccsc1)NCC1(N2CCSCC2)CCCC1.I. The Morgan fingerprint density at radius 2 is 2.00 bits per heavy atom. The molecule has 0 atom stereocenters. The van der Waals surface area contributed by atoms with Crippen LogP contribution in [-0.4, -0.2) is 54.6 Å². The van der Waals surface area contributed by atoms with Gasteiger partial charge in [-0.3, -0.25) is 9.89 Å². The predicted octanol–water partition coefficient (Wildman–Crippen LogP) is 3.39. The van der Waals surface area contributed by atoms with Crippen molar-refractivity contribution < 1.29 is 0 Å². The molecule has 0 unspecified atom stereocenters. The van der Waals surface area contributed by atoms with Crippen molar-refractivity contribution in [3.05, 3.63) is 22.4 Å². The van der Waals surface area contributed by atoms with Crippen LogP contribution in [0.2, 0.25) is 0 Å². The number of aliphatic imine (C=N–C) groups is 1. The van der Waals surface area contributed by atoms with Gasteiger partial charge in [-0.05, 0) is 35.2 Å². The molecule has 0 spiro atoms. The minimum atomic E-state index is 0. The van der Waals surface area contributed by atoms with Gasteiger partial charge in [0, 0.05) is 50.3 Å². The van der Waals surface area contributed by atoms with E-state index in [1.54, 1.807) is 11.3 Å². The van der Waals surface area contributed by atoms with E-state index in [1.807, 2.05) is 7.05 Å². The van der Waals surface area contributed by atoms with E-state index in [4.69, 9.17) is 0 Å². The van der Waals surface area contributed by atoms with Gasteiger partial charge < -0.3 is 10.6 Å².